The number of hydrogen-bond acceptors (Lipinski definition) is 7. The number of ketones is 2. The molecular weight excluding hydrogens is 486 g/mol. The maximum absolute atomic E-state index is 13.6. The van der Waals surface area contributed by atoms with Crippen LogP contribution in [0, 0.1) is 11.8 Å². The Hall–Kier alpha value is -2.06. The highest BCUT2D eigenvalue weighted by molar-refractivity contribution is 8.00. The summed E-state index contributed by atoms with van der Waals surface area (Å²) in [7, 11) is 0. The molecule has 2 aliphatic rings. The van der Waals surface area contributed by atoms with E-state index in [2.05, 4.69) is 29.2 Å². The third-order valence-corrected chi connectivity index (χ3v) is 8.74. The molecule has 1 aromatic carbocycles. The number of benzene rings is 1. The lowest BCUT2D eigenvalue weighted by Gasteiger charge is -2.27. The molecule has 200 valence electrons. The van der Waals surface area contributed by atoms with Crippen LogP contribution in [0.2, 0.25) is 0 Å². The first-order chi connectivity index (χ1) is 17.6. The molecule has 37 heavy (non-hydrogen) atoms. The second-order valence-electron chi connectivity index (χ2n) is 11.2. The molecule has 0 radical (unpaired) electrons. The summed E-state index contributed by atoms with van der Waals surface area (Å²) in [5, 5.41) is 21.0. The minimum absolute atomic E-state index is 0.0870. The van der Waals surface area contributed by atoms with E-state index in [0.717, 1.165) is 43.3 Å². The maximum atomic E-state index is 13.6. The number of pyridine rings is 1. The topological polar surface area (TPSA) is 96.7 Å². The lowest BCUT2D eigenvalue weighted by molar-refractivity contribution is -0.121. The molecule has 4 rings (SSSR count). The second-order valence-corrected chi connectivity index (χ2v) is 12.6. The summed E-state index contributed by atoms with van der Waals surface area (Å²) in [6.07, 6.45) is 5.71. The van der Waals surface area contributed by atoms with Crippen LogP contribution >= 0.6 is 11.8 Å². The van der Waals surface area contributed by atoms with Crippen molar-refractivity contribution in [3.8, 4) is 0 Å². The zero-order chi connectivity index (χ0) is 26.6. The summed E-state index contributed by atoms with van der Waals surface area (Å²) >= 11 is 1.91. The molecule has 1 aromatic heterocycles. The molecule has 0 bridgehead atoms. The van der Waals surface area contributed by atoms with Crippen molar-refractivity contribution in [2.45, 2.75) is 87.1 Å². The van der Waals surface area contributed by atoms with Crippen molar-refractivity contribution in [3.63, 3.8) is 0 Å². The largest absolute Gasteiger partial charge is 0.387 e. The number of carbonyl (C=O) groups excluding carboxylic acids is 2. The predicted octanol–water partition coefficient (Wildman–Crippen LogP) is 5.52. The summed E-state index contributed by atoms with van der Waals surface area (Å²) in [6, 6.07) is 11.6. The van der Waals surface area contributed by atoms with E-state index in [0.29, 0.717) is 11.5 Å². The number of Topliss-reactive ketones (excluding diaryl/α,β-unsaturated/α-hetero) is 2. The Bertz CT molecular complexity index is 1050. The van der Waals surface area contributed by atoms with E-state index in [1.54, 1.807) is 19.1 Å². The molecule has 0 amide bonds. The Morgan fingerprint density at radius 2 is 1.70 bits per heavy atom. The van der Waals surface area contributed by atoms with Gasteiger partial charge in [-0.25, -0.2) is 0 Å². The van der Waals surface area contributed by atoms with Gasteiger partial charge >= 0.3 is 0 Å². The standard InChI is InChI=1S/C30H39NO5S/c1-19(28(33)26-11-6-22(18-31-26)29(34)30(2,3)35)16-27(32)25(17-20-12-14-36-15-13-20)21-4-7-23(8-5-21)37-24-9-10-24/h4-8,11,18-20,24-25,29,34-35H,9-10,12-17H2,1-3H3. The van der Waals surface area contributed by atoms with E-state index in [4.69, 9.17) is 4.74 Å². The molecule has 1 aliphatic heterocycles. The van der Waals surface area contributed by atoms with Crippen LogP contribution in [0.1, 0.15) is 92.9 Å². The SMILES string of the molecule is CC(CC(=O)C(CC1CCOCC1)c1ccc(SC2CC2)cc1)C(=O)c1ccc(C(O)C(C)(C)O)cn1. The van der Waals surface area contributed by atoms with E-state index in [-0.39, 0.29) is 29.6 Å². The molecule has 2 N–H and O–H groups in total. The quantitative estimate of drug-likeness (QED) is 0.352. The van der Waals surface area contributed by atoms with Crippen molar-refractivity contribution < 1.29 is 24.5 Å². The number of aliphatic hydroxyl groups is 2. The van der Waals surface area contributed by atoms with E-state index < -0.39 is 17.6 Å². The normalized spacial score (nSPS) is 19.3. The number of hydrogen-bond donors (Lipinski definition) is 2. The molecule has 2 heterocycles. The Morgan fingerprint density at radius 3 is 2.27 bits per heavy atom. The Balaban J connectivity index is 1.44. The highest BCUT2D eigenvalue weighted by atomic mass is 32.2. The molecule has 3 unspecified atom stereocenters. The number of ether oxygens (including phenoxy) is 1. The molecule has 1 saturated carbocycles. The average molecular weight is 526 g/mol. The van der Waals surface area contributed by atoms with Gasteiger partial charge in [-0.05, 0) is 75.6 Å². The number of aromatic nitrogens is 1. The molecule has 3 atom stereocenters. The summed E-state index contributed by atoms with van der Waals surface area (Å²) in [6.45, 7) is 6.28. The van der Waals surface area contributed by atoms with Gasteiger partial charge in [0.25, 0.3) is 0 Å². The van der Waals surface area contributed by atoms with Crippen molar-refractivity contribution in [2.24, 2.45) is 11.8 Å². The van der Waals surface area contributed by atoms with Gasteiger partial charge in [0.2, 0.25) is 0 Å². The minimum Gasteiger partial charge on any atom is -0.387 e. The molecule has 1 saturated heterocycles. The lowest BCUT2D eigenvalue weighted by atomic mass is 9.80. The van der Waals surface area contributed by atoms with Gasteiger partial charge in [0.1, 0.15) is 17.6 Å². The van der Waals surface area contributed by atoms with Crippen LogP contribution < -0.4 is 0 Å². The minimum atomic E-state index is -1.32. The van der Waals surface area contributed by atoms with Gasteiger partial charge in [0.15, 0.2) is 5.78 Å². The molecule has 6 nitrogen and oxygen atoms in total. The lowest BCUT2D eigenvalue weighted by Crippen LogP contribution is -2.28. The van der Waals surface area contributed by atoms with E-state index >= 15 is 0 Å². The van der Waals surface area contributed by atoms with E-state index in [1.807, 2.05) is 11.8 Å². The zero-order valence-electron chi connectivity index (χ0n) is 22.1. The highest BCUT2D eigenvalue weighted by Gasteiger charge is 2.30. The van der Waals surface area contributed by atoms with Crippen LogP contribution in [0.5, 0.6) is 0 Å². The fourth-order valence-corrected chi connectivity index (χ4v) is 5.89. The smallest absolute Gasteiger partial charge is 0.184 e. The van der Waals surface area contributed by atoms with Gasteiger partial charge in [-0.3, -0.25) is 14.6 Å². The van der Waals surface area contributed by atoms with Gasteiger partial charge in [-0.15, -0.1) is 11.8 Å². The Morgan fingerprint density at radius 1 is 1.05 bits per heavy atom. The van der Waals surface area contributed by atoms with Crippen molar-refractivity contribution in [2.75, 3.05) is 13.2 Å². The van der Waals surface area contributed by atoms with Gasteiger partial charge in [0, 0.05) is 53.4 Å². The first-order valence-electron chi connectivity index (χ1n) is 13.4. The number of rotatable bonds is 12. The Kier molecular flexibility index (Phi) is 9.22. The monoisotopic (exact) mass is 525 g/mol. The molecule has 7 heteroatoms. The Labute approximate surface area is 224 Å². The fraction of sp³-hybridized carbons (Fsp3) is 0.567. The summed E-state index contributed by atoms with van der Waals surface area (Å²) in [5.41, 5.74) is 0.405. The van der Waals surface area contributed by atoms with Crippen LogP contribution in [0.4, 0.5) is 0 Å². The first-order valence-corrected chi connectivity index (χ1v) is 14.3. The fourth-order valence-electron chi connectivity index (χ4n) is 4.84. The highest BCUT2D eigenvalue weighted by Crippen LogP contribution is 2.40. The van der Waals surface area contributed by atoms with Gasteiger partial charge < -0.3 is 14.9 Å². The summed E-state index contributed by atoms with van der Waals surface area (Å²) in [4.78, 5) is 32.2. The number of carbonyl (C=O) groups is 2. The summed E-state index contributed by atoms with van der Waals surface area (Å²) < 4.78 is 5.52. The van der Waals surface area contributed by atoms with Crippen molar-refractivity contribution in [1.82, 2.24) is 4.98 Å². The zero-order valence-corrected chi connectivity index (χ0v) is 22.9. The van der Waals surface area contributed by atoms with E-state index in [1.165, 1.54) is 37.8 Å². The second kappa shape index (κ2) is 12.2. The molecule has 0 spiro atoms. The van der Waals surface area contributed by atoms with Crippen LogP contribution in [0.15, 0.2) is 47.5 Å². The van der Waals surface area contributed by atoms with Crippen LogP contribution in [0.25, 0.3) is 0 Å². The molecular formula is C30H39NO5S. The van der Waals surface area contributed by atoms with Gasteiger partial charge in [-0.2, -0.15) is 0 Å². The summed E-state index contributed by atoms with van der Waals surface area (Å²) in [5.74, 6) is -0.421. The van der Waals surface area contributed by atoms with E-state index in [9.17, 15) is 19.8 Å². The van der Waals surface area contributed by atoms with Crippen LogP contribution in [-0.2, 0) is 9.53 Å². The third-order valence-electron chi connectivity index (χ3n) is 7.39. The number of nitrogens with zero attached hydrogens (tertiary/aromatic N) is 1. The molecule has 2 fully saturated rings. The van der Waals surface area contributed by atoms with Gasteiger partial charge in [0.05, 0.1) is 5.60 Å². The number of aliphatic hydroxyl groups excluding tert-OH is 1. The maximum Gasteiger partial charge on any atom is 0.184 e. The number of thioether (sulfide) groups is 1. The first kappa shape index (κ1) is 28.0. The molecule has 2 aromatic rings. The van der Waals surface area contributed by atoms with Crippen molar-refractivity contribution >= 4 is 23.3 Å². The third kappa shape index (κ3) is 7.73. The van der Waals surface area contributed by atoms with Crippen molar-refractivity contribution in [3.05, 3.63) is 59.4 Å². The van der Waals surface area contributed by atoms with Crippen molar-refractivity contribution in [1.29, 1.82) is 0 Å². The predicted molar refractivity (Wildman–Crippen MR) is 145 cm³/mol. The van der Waals surface area contributed by atoms with Crippen LogP contribution in [0.3, 0.4) is 0 Å². The molecule has 1 aliphatic carbocycles. The average Bonchev–Trinajstić information content (AvgIpc) is 3.71. The van der Waals surface area contributed by atoms with Gasteiger partial charge in [-0.1, -0.05) is 25.1 Å². The van der Waals surface area contributed by atoms with Crippen LogP contribution in [-0.4, -0.2) is 50.8 Å².